The zero-order valence-corrected chi connectivity index (χ0v) is 10.9. The van der Waals surface area contributed by atoms with E-state index in [0.717, 1.165) is 11.3 Å². The molecule has 0 unspecified atom stereocenters. The van der Waals surface area contributed by atoms with Crippen LogP contribution in [0.5, 0.6) is 0 Å². The van der Waals surface area contributed by atoms with Crippen molar-refractivity contribution in [3.8, 4) is 42.6 Å². The lowest BCUT2D eigenvalue weighted by Gasteiger charge is -2.11. The summed E-state index contributed by atoms with van der Waals surface area (Å²) in [7, 11) is 3.93. The van der Waals surface area contributed by atoms with E-state index in [0.29, 0.717) is 0 Å². The Labute approximate surface area is 114 Å². The van der Waals surface area contributed by atoms with Crippen LogP contribution >= 0.6 is 0 Å². The van der Waals surface area contributed by atoms with E-state index in [1.54, 1.807) is 0 Å². The summed E-state index contributed by atoms with van der Waals surface area (Å²) in [5.74, 6) is 10.2. The van der Waals surface area contributed by atoms with Crippen LogP contribution in [0.1, 0.15) is 5.56 Å². The second-order valence-electron chi connectivity index (χ2n) is 3.84. The van der Waals surface area contributed by atoms with Crippen LogP contribution in [-0.2, 0) is 0 Å². The Hall–Kier alpha value is -3.07. The van der Waals surface area contributed by atoms with Crippen molar-refractivity contribution < 1.29 is 0 Å². The van der Waals surface area contributed by atoms with Gasteiger partial charge >= 0.3 is 0 Å². The first-order valence-electron chi connectivity index (χ1n) is 5.49. The number of anilines is 1. The summed E-state index contributed by atoms with van der Waals surface area (Å²) in [6, 6.07) is 9.54. The van der Waals surface area contributed by atoms with Gasteiger partial charge in [-0.15, -0.1) is 12.8 Å². The molecule has 2 nitrogen and oxygen atoms in total. The predicted molar refractivity (Wildman–Crippen MR) is 78.0 cm³/mol. The number of terminal acetylenes is 2. The first-order valence-corrected chi connectivity index (χ1v) is 5.49. The Balaban J connectivity index is 3.09. The third kappa shape index (κ3) is 3.71. The van der Waals surface area contributed by atoms with E-state index in [4.69, 9.17) is 18.1 Å². The van der Waals surface area contributed by atoms with Crippen molar-refractivity contribution in [2.45, 2.75) is 0 Å². The summed E-state index contributed by atoms with van der Waals surface area (Å²) in [5.41, 5.74) is 2.22. The lowest BCUT2D eigenvalue weighted by atomic mass is 10.1. The first-order chi connectivity index (χ1) is 9.12. The highest BCUT2D eigenvalue weighted by atomic mass is 15.1. The normalized spacial score (nSPS) is 9.84. The number of allylic oxidation sites excluding steroid dienone is 2. The Morgan fingerprint density at radius 2 is 1.63 bits per heavy atom. The van der Waals surface area contributed by atoms with Gasteiger partial charge in [-0.3, -0.25) is 0 Å². The molecular formula is C17H12N2. The van der Waals surface area contributed by atoms with Gasteiger partial charge in [0.1, 0.15) is 17.2 Å². The average molecular weight is 244 g/mol. The molecule has 0 aliphatic heterocycles. The molecule has 1 rings (SSSR count). The predicted octanol–water partition coefficient (Wildman–Crippen LogP) is 2.19. The Bertz CT molecular complexity index is 656. The third-order valence-corrected chi connectivity index (χ3v) is 2.37. The van der Waals surface area contributed by atoms with Crippen molar-refractivity contribution in [3.05, 3.63) is 41.0 Å². The lowest BCUT2D eigenvalue weighted by molar-refractivity contribution is 1.13. The van der Waals surface area contributed by atoms with Gasteiger partial charge in [-0.1, -0.05) is 23.7 Å². The summed E-state index contributed by atoms with van der Waals surface area (Å²) < 4.78 is 0. The molecule has 0 saturated carbocycles. The first kappa shape index (κ1) is 14.0. The van der Waals surface area contributed by atoms with Gasteiger partial charge in [0.25, 0.3) is 0 Å². The van der Waals surface area contributed by atoms with Gasteiger partial charge in [0.2, 0.25) is 0 Å². The monoisotopic (exact) mass is 244 g/mol. The van der Waals surface area contributed by atoms with E-state index in [2.05, 4.69) is 23.7 Å². The van der Waals surface area contributed by atoms with Crippen molar-refractivity contribution in [1.29, 1.82) is 5.26 Å². The fourth-order valence-corrected chi connectivity index (χ4v) is 1.31. The zero-order valence-electron chi connectivity index (χ0n) is 10.9. The van der Waals surface area contributed by atoms with Crippen LogP contribution in [0, 0.1) is 47.9 Å². The molecule has 0 bridgehead atoms. The molecule has 1 aromatic rings. The molecule has 90 valence electrons. The fraction of sp³-hybridized carbons (Fsp3) is 0.118. The van der Waals surface area contributed by atoms with Crippen LogP contribution in [0.4, 0.5) is 5.69 Å². The molecule has 0 saturated heterocycles. The van der Waals surface area contributed by atoms with Gasteiger partial charge in [0.15, 0.2) is 0 Å². The van der Waals surface area contributed by atoms with E-state index in [1.807, 2.05) is 49.3 Å². The van der Waals surface area contributed by atoms with Crippen LogP contribution < -0.4 is 4.90 Å². The van der Waals surface area contributed by atoms with E-state index < -0.39 is 0 Å². The minimum absolute atomic E-state index is 0.0833. The van der Waals surface area contributed by atoms with Crippen molar-refractivity contribution in [1.82, 2.24) is 0 Å². The van der Waals surface area contributed by atoms with Crippen molar-refractivity contribution in [2.75, 3.05) is 19.0 Å². The van der Waals surface area contributed by atoms with Gasteiger partial charge in [-0.2, -0.15) is 5.26 Å². The maximum atomic E-state index is 8.80. The molecule has 2 heteroatoms. The topological polar surface area (TPSA) is 27.0 Å². The molecule has 1 aromatic carbocycles. The van der Waals surface area contributed by atoms with Crippen molar-refractivity contribution >= 4 is 5.69 Å². The third-order valence-electron chi connectivity index (χ3n) is 2.37. The molecular weight excluding hydrogens is 232 g/mol. The Morgan fingerprint density at radius 3 is 2.05 bits per heavy atom. The molecule has 0 aromatic heterocycles. The smallest absolute Gasteiger partial charge is 0.126 e. The minimum atomic E-state index is 0.0833. The van der Waals surface area contributed by atoms with Crippen LogP contribution in [0.2, 0.25) is 0 Å². The Morgan fingerprint density at radius 1 is 1.05 bits per heavy atom. The minimum Gasteiger partial charge on any atom is -0.378 e. The van der Waals surface area contributed by atoms with E-state index in [-0.39, 0.29) is 11.1 Å². The zero-order chi connectivity index (χ0) is 14.3. The quantitative estimate of drug-likeness (QED) is 0.559. The summed E-state index contributed by atoms with van der Waals surface area (Å²) in [6.07, 6.45) is 10.5. The van der Waals surface area contributed by atoms with E-state index in [9.17, 15) is 0 Å². The largest absolute Gasteiger partial charge is 0.378 e. The maximum absolute atomic E-state index is 8.80. The molecule has 0 atom stereocenters. The number of rotatable bonds is 1. The number of nitriles is 1. The van der Waals surface area contributed by atoms with Crippen LogP contribution in [0.3, 0.4) is 0 Å². The lowest BCUT2D eigenvalue weighted by Crippen LogP contribution is -2.07. The van der Waals surface area contributed by atoms with Crippen molar-refractivity contribution in [2.24, 2.45) is 0 Å². The van der Waals surface area contributed by atoms with Gasteiger partial charge < -0.3 is 4.90 Å². The molecule has 0 aliphatic carbocycles. The highest BCUT2D eigenvalue weighted by Gasteiger charge is 1.97. The highest BCUT2D eigenvalue weighted by molar-refractivity contribution is 5.59. The van der Waals surface area contributed by atoms with E-state index in [1.165, 1.54) is 0 Å². The second-order valence-corrected chi connectivity index (χ2v) is 3.84. The number of hydrogen-bond acceptors (Lipinski definition) is 2. The number of hydrogen-bond donors (Lipinski definition) is 0. The maximum Gasteiger partial charge on any atom is 0.126 e. The summed E-state index contributed by atoms with van der Waals surface area (Å²) in [5, 5.41) is 8.80. The van der Waals surface area contributed by atoms with Gasteiger partial charge in [-0.05, 0) is 24.3 Å². The molecule has 0 heterocycles. The van der Waals surface area contributed by atoms with Gasteiger partial charge in [-0.25, -0.2) is 0 Å². The van der Waals surface area contributed by atoms with E-state index >= 15 is 0 Å². The fourth-order valence-electron chi connectivity index (χ4n) is 1.31. The number of benzene rings is 1. The summed E-state index contributed by atoms with van der Waals surface area (Å²) in [6.45, 7) is 0. The average Bonchev–Trinajstić information content (AvgIpc) is 2.43. The Kier molecular flexibility index (Phi) is 4.87. The molecule has 19 heavy (non-hydrogen) atoms. The molecule has 0 radical (unpaired) electrons. The molecule has 0 aliphatic rings. The van der Waals surface area contributed by atoms with Gasteiger partial charge in [0.05, 0.1) is 0 Å². The second kappa shape index (κ2) is 6.61. The molecule has 0 fully saturated rings. The standard InChI is InChI=1S/C17H12N2/c1-5-15(16(6-2)13-18)10-7-14-8-11-17(12-9-14)19(3)4/h1-2,8-9,11-12H,3-4H3/b16-15-. The molecule has 0 spiro atoms. The summed E-state index contributed by atoms with van der Waals surface area (Å²) in [4.78, 5) is 2.00. The van der Waals surface area contributed by atoms with Crippen LogP contribution in [0.15, 0.2) is 35.4 Å². The number of nitrogens with zero attached hydrogens (tertiary/aromatic N) is 2. The SMILES string of the molecule is C#C/C(C#N)=C(\C#C)C#Cc1ccc(N(C)C)cc1. The van der Waals surface area contributed by atoms with Crippen LogP contribution in [0.25, 0.3) is 0 Å². The van der Waals surface area contributed by atoms with Gasteiger partial charge in [0, 0.05) is 25.3 Å². The van der Waals surface area contributed by atoms with Crippen LogP contribution in [-0.4, -0.2) is 14.1 Å². The highest BCUT2D eigenvalue weighted by Crippen LogP contribution is 2.11. The van der Waals surface area contributed by atoms with Crippen molar-refractivity contribution in [3.63, 3.8) is 0 Å². The molecule has 0 amide bonds. The summed E-state index contributed by atoms with van der Waals surface area (Å²) >= 11 is 0. The molecule has 0 N–H and O–H groups in total.